The van der Waals surface area contributed by atoms with E-state index in [1.54, 1.807) is 12.1 Å². The average molecular weight is 304 g/mol. The van der Waals surface area contributed by atoms with Gasteiger partial charge in [0, 0.05) is 24.0 Å². The van der Waals surface area contributed by atoms with Crippen LogP contribution >= 0.6 is 12.9 Å². The zero-order valence-corrected chi connectivity index (χ0v) is 13.5. The predicted octanol–water partition coefficient (Wildman–Crippen LogP) is 4.59. The monoisotopic (exact) mass is 304 g/mol. The molecule has 0 aliphatic carbocycles. The molecule has 2 aromatic carbocycles. The molecule has 2 rings (SSSR count). The maximum absolute atomic E-state index is 10.3. The number of rotatable bonds is 2. The molecule has 0 bridgehead atoms. The molecule has 0 aromatic heterocycles. The highest BCUT2D eigenvalue weighted by Crippen LogP contribution is 2.43. The SMILES string of the molecule is Cc1cc(OS)c(O)c(-c2cc(C(C)(C)C)ccc2O)c1. The van der Waals surface area contributed by atoms with Gasteiger partial charge in [-0.1, -0.05) is 26.8 Å². The van der Waals surface area contributed by atoms with Crippen LogP contribution in [0.15, 0.2) is 30.3 Å². The number of aromatic hydroxyl groups is 2. The molecular weight excluding hydrogens is 284 g/mol. The van der Waals surface area contributed by atoms with E-state index in [0.29, 0.717) is 11.1 Å². The molecule has 0 spiro atoms. The Morgan fingerprint density at radius 1 is 1.00 bits per heavy atom. The Kier molecular flexibility index (Phi) is 4.10. The van der Waals surface area contributed by atoms with E-state index in [9.17, 15) is 10.2 Å². The summed E-state index contributed by atoms with van der Waals surface area (Å²) in [6.45, 7) is 8.19. The molecule has 0 saturated carbocycles. The molecule has 2 aromatic rings. The van der Waals surface area contributed by atoms with Crippen LogP contribution in [0.1, 0.15) is 31.9 Å². The van der Waals surface area contributed by atoms with E-state index in [1.807, 2.05) is 25.1 Å². The number of hydrogen-bond acceptors (Lipinski definition) is 4. The van der Waals surface area contributed by atoms with Crippen molar-refractivity contribution < 1.29 is 14.4 Å². The average Bonchev–Trinajstić information content (AvgIpc) is 2.40. The quantitative estimate of drug-likeness (QED) is 0.561. The Labute approximate surface area is 130 Å². The van der Waals surface area contributed by atoms with Gasteiger partial charge in [-0.2, -0.15) is 0 Å². The van der Waals surface area contributed by atoms with Crippen molar-refractivity contribution in [3.63, 3.8) is 0 Å². The van der Waals surface area contributed by atoms with Gasteiger partial charge in [0.2, 0.25) is 0 Å². The highest BCUT2D eigenvalue weighted by molar-refractivity contribution is 7.75. The summed E-state index contributed by atoms with van der Waals surface area (Å²) in [6.07, 6.45) is 0. The minimum absolute atomic E-state index is 0.0306. The number of phenolic OH excluding ortho intramolecular Hbond substituents is 2. The van der Waals surface area contributed by atoms with Crippen LogP contribution in [0.2, 0.25) is 0 Å². The van der Waals surface area contributed by atoms with E-state index in [4.69, 9.17) is 4.18 Å². The molecule has 2 N–H and O–H groups in total. The van der Waals surface area contributed by atoms with Crippen molar-refractivity contribution in [2.24, 2.45) is 0 Å². The molecule has 3 nitrogen and oxygen atoms in total. The Morgan fingerprint density at radius 3 is 2.24 bits per heavy atom. The maximum atomic E-state index is 10.3. The lowest BCUT2D eigenvalue weighted by Gasteiger charge is -2.21. The van der Waals surface area contributed by atoms with Crippen LogP contribution in [0.5, 0.6) is 17.2 Å². The Balaban J connectivity index is 2.70. The summed E-state index contributed by atoms with van der Waals surface area (Å²) in [5.74, 6) is 0.361. The second kappa shape index (κ2) is 5.53. The molecule has 0 aliphatic rings. The van der Waals surface area contributed by atoms with E-state index in [2.05, 4.69) is 33.7 Å². The molecule has 0 fully saturated rings. The summed E-state index contributed by atoms with van der Waals surface area (Å²) in [5, 5.41) is 20.5. The van der Waals surface area contributed by atoms with Gasteiger partial charge in [0.1, 0.15) is 5.75 Å². The van der Waals surface area contributed by atoms with Gasteiger partial charge in [-0.3, -0.25) is 0 Å². The third-order valence-electron chi connectivity index (χ3n) is 3.47. The van der Waals surface area contributed by atoms with Gasteiger partial charge in [-0.15, -0.1) is 0 Å². The highest BCUT2D eigenvalue weighted by atomic mass is 32.1. The zero-order valence-electron chi connectivity index (χ0n) is 12.6. The molecule has 0 atom stereocenters. The number of phenols is 2. The molecule has 0 radical (unpaired) electrons. The second-order valence-corrected chi connectivity index (χ2v) is 6.42. The summed E-state index contributed by atoms with van der Waals surface area (Å²) >= 11 is 3.76. The lowest BCUT2D eigenvalue weighted by molar-refractivity contribution is 0.451. The standard InChI is InChI=1S/C17H20O3S/c1-10-7-13(16(19)15(8-10)20-21)12-9-11(17(2,3)4)5-6-14(12)18/h5-9,18-19,21H,1-4H3. The third-order valence-corrected chi connectivity index (χ3v) is 3.67. The first kappa shape index (κ1) is 15.6. The van der Waals surface area contributed by atoms with Crippen LogP contribution < -0.4 is 4.18 Å². The predicted molar refractivity (Wildman–Crippen MR) is 88.3 cm³/mol. The van der Waals surface area contributed by atoms with Gasteiger partial charge in [0.05, 0.1) is 0 Å². The topological polar surface area (TPSA) is 49.7 Å². The van der Waals surface area contributed by atoms with Crippen LogP contribution in [-0.4, -0.2) is 10.2 Å². The third kappa shape index (κ3) is 3.10. The van der Waals surface area contributed by atoms with Crippen LogP contribution in [-0.2, 0) is 5.41 Å². The van der Waals surface area contributed by atoms with E-state index >= 15 is 0 Å². The highest BCUT2D eigenvalue weighted by Gasteiger charge is 2.19. The molecule has 0 amide bonds. The van der Waals surface area contributed by atoms with Gasteiger partial charge in [-0.25, -0.2) is 0 Å². The van der Waals surface area contributed by atoms with E-state index in [-0.39, 0.29) is 22.7 Å². The van der Waals surface area contributed by atoms with Crippen molar-refractivity contribution in [2.45, 2.75) is 33.1 Å². The zero-order chi connectivity index (χ0) is 15.8. The second-order valence-electron chi connectivity index (χ2n) is 6.23. The lowest BCUT2D eigenvalue weighted by Crippen LogP contribution is -2.10. The molecule has 0 aliphatic heterocycles. The van der Waals surface area contributed by atoms with Crippen molar-refractivity contribution >= 4 is 12.9 Å². The summed E-state index contributed by atoms with van der Waals surface area (Å²) in [6, 6.07) is 8.94. The van der Waals surface area contributed by atoms with Crippen molar-refractivity contribution in [3.05, 3.63) is 41.5 Å². The first-order valence-electron chi connectivity index (χ1n) is 6.73. The van der Waals surface area contributed by atoms with Crippen molar-refractivity contribution in [2.75, 3.05) is 0 Å². The fourth-order valence-corrected chi connectivity index (χ4v) is 2.38. The van der Waals surface area contributed by atoms with Crippen LogP contribution in [0.4, 0.5) is 0 Å². The Morgan fingerprint density at radius 2 is 1.67 bits per heavy atom. The molecule has 0 saturated heterocycles. The number of thiol groups is 1. The van der Waals surface area contributed by atoms with Crippen LogP contribution in [0, 0.1) is 6.92 Å². The van der Waals surface area contributed by atoms with E-state index < -0.39 is 0 Å². The maximum Gasteiger partial charge on any atom is 0.179 e. The largest absolute Gasteiger partial charge is 0.507 e. The molecule has 4 heteroatoms. The lowest BCUT2D eigenvalue weighted by atomic mass is 9.85. The summed E-state index contributed by atoms with van der Waals surface area (Å²) in [4.78, 5) is 0. The van der Waals surface area contributed by atoms with Crippen molar-refractivity contribution in [3.8, 4) is 28.4 Å². The van der Waals surface area contributed by atoms with Crippen LogP contribution in [0.25, 0.3) is 11.1 Å². The Bertz CT molecular complexity index is 672. The first-order chi connectivity index (χ1) is 9.74. The minimum Gasteiger partial charge on any atom is -0.507 e. The molecular formula is C17H20O3S. The van der Waals surface area contributed by atoms with Gasteiger partial charge in [0.15, 0.2) is 11.5 Å². The van der Waals surface area contributed by atoms with Gasteiger partial charge < -0.3 is 14.4 Å². The fourth-order valence-electron chi connectivity index (χ4n) is 2.24. The first-order valence-corrected chi connectivity index (χ1v) is 7.09. The van der Waals surface area contributed by atoms with Crippen molar-refractivity contribution in [1.29, 1.82) is 0 Å². The Hall–Kier alpha value is -1.81. The number of aryl methyl sites for hydroxylation is 1. The minimum atomic E-state index is -0.0508. The smallest absolute Gasteiger partial charge is 0.179 e. The summed E-state index contributed by atoms with van der Waals surface area (Å²) < 4.78 is 4.89. The summed E-state index contributed by atoms with van der Waals surface area (Å²) in [7, 11) is 0. The van der Waals surface area contributed by atoms with Gasteiger partial charge in [0.25, 0.3) is 0 Å². The van der Waals surface area contributed by atoms with Crippen molar-refractivity contribution in [1.82, 2.24) is 0 Å². The normalized spacial score (nSPS) is 11.5. The molecule has 112 valence electrons. The van der Waals surface area contributed by atoms with Gasteiger partial charge >= 0.3 is 0 Å². The summed E-state index contributed by atoms with van der Waals surface area (Å²) in [5.41, 5.74) is 3.04. The fraction of sp³-hybridized carbons (Fsp3) is 0.294. The number of benzene rings is 2. The van der Waals surface area contributed by atoms with E-state index in [0.717, 1.165) is 11.1 Å². The molecule has 21 heavy (non-hydrogen) atoms. The van der Waals surface area contributed by atoms with Crippen LogP contribution in [0.3, 0.4) is 0 Å². The van der Waals surface area contributed by atoms with E-state index in [1.165, 1.54) is 0 Å². The molecule has 0 unspecified atom stereocenters. The molecule has 0 heterocycles. The van der Waals surface area contributed by atoms with Gasteiger partial charge in [-0.05, 0) is 47.7 Å². The number of hydrogen-bond donors (Lipinski definition) is 3.